The van der Waals surface area contributed by atoms with Gasteiger partial charge < -0.3 is 10.2 Å². The van der Waals surface area contributed by atoms with Gasteiger partial charge in [0.15, 0.2) is 0 Å². The third-order valence-corrected chi connectivity index (χ3v) is 5.90. The number of carbonyl (C=O) groups excluding carboxylic acids is 2. The van der Waals surface area contributed by atoms with Gasteiger partial charge in [-0.05, 0) is 59.8 Å². The molecule has 0 saturated carbocycles. The SMILES string of the molecule is O=C(Nc1ccc(N2CCCN(Cc3ccc(Cl)cc3)C2=O)cc1)c1cccs1. The number of amides is 3. The predicted octanol–water partition coefficient (Wildman–Crippen LogP) is 5.49. The first-order valence-corrected chi connectivity index (χ1v) is 10.6. The monoisotopic (exact) mass is 425 g/mol. The molecule has 0 spiro atoms. The summed E-state index contributed by atoms with van der Waals surface area (Å²) in [6.07, 6.45) is 0.899. The van der Waals surface area contributed by atoms with Crippen LogP contribution in [0.2, 0.25) is 5.02 Å². The second-order valence-electron chi connectivity index (χ2n) is 6.81. The van der Waals surface area contributed by atoms with E-state index in [-0.39, 0.29) is 11.9 Å². The molecule has 29 heavy (non-hydrogen) atoms. The van der Waals surface area contributed by atoms with Crippen molar-refractivity contribution in [3.63, 3.8) is 0 Å². The Morgan fingerprint density at radius 2 is 1.79 bits per heavy atom. The Labute approximate surface area is 178 Å². The van der Waals surface area contributed by atoms with Gasteiger partial charge in [-0.2, -0.15) is 0 Å². The first kappa shape index (κ1) is 19.5. The summed E-state index contributed by atoms with van der Waals surface area (Å²) < 4.78 is 0. The average Bonchev–Trinajstić information content (AvgIpc) is 3.27. The van der Waals surface area contributed by atoms with Gasteiger partial charge in [0.05, 0.1) is 4.88 Å². The molecular weight excluding hydrogens is 406 g/mol. The van der Waals surface area contributed by atoms with Crippen molar-refractivity contribution in [3.05, 3.63) is 81.5 Å². The van der Waals surface area contributed by atoms with E-state index in [2.05, 4.69) is 5.32 Å². The summed E-state index contributed by atoms with van der Waals surface area (Å²) in [6.45, 7) is 1.96. The van der Waals surface area contributed by atoms with E-state index >= 15 is 0 Å². The summed E-state index contributed by atoms with van der Waals surface area (Å²) >= 11 is 7.35. The Morgan fingerprint density at radius 1 is 1.03 bits per heavy atom. The highest BCUT2D eigenvalue weighted by Crippen LogP contribution is 2.24. The molecule has 1 aliphatic heterocycles. The van der Waals surface area contributed by atoms with Gasteiger partial charge in [0.2, 0.25) is 0 Å². The topological polar surface area (TPSA) is 52.7 Å². The summed E-state index contributed by atoms with van der Waals surface area (Å²) in [7, 11) is 0. The Morgan fingerprint density at radius 3 is 2.48 bits per heavy atom. The van der Waals surface area contributed by atoms with Gasteiger partial charge in [0.1, 0.15) is 0 Å². The lowest BCUT2D eigenvalue weighted by molar-refractivity contribution is 0.103. The maximum Gasteiger partial charge on any atom is 0.324 e. The van der Waals surface area contributed by atoms with Crippen molar-refractivity contribution in [1.29, 1.82) is 0 Å². The molecule has 2 heterocycles. The number of nitrogens with one attached hydrogen (secondary N) is 1. The molecule has 2 aromatic carbocycles. The van der Waals surface area contributed by atoms with E-state index in [0.29, 0.717) is 28.7 Å². The summed E-state index contributed by atoms with van der Waals surface area (Å²) in [6, 6.07) is 18.6. The van der Waals surface area contributed by atoms with Gasteiger partial charge in [-0.15, -0.1) is 11.3 Å². The molecule has 1 N–H and O–H groups in total. The number of hydrogen-bond acceptors (Lipinski definition) is 3. The molecule has 5 nitrogen and oxygen atoms in total. The van der Waals surface area contributed by atoms with Crippen molar-refractivity contribution in [2.24, 2.45) is 0 Å². The number of thiophene rings is 1. The second kappa shape index (κ2) is 8.68. The molecule has 1 aromatic heterocycles. The van der Waals surface area contributed by atoms with E-state index < -0.39 is 0 Å². The molecule has 148 valence electrons. The number of benzene rings is 2. The van der Waals surface area contributed by atoms with Crippen LogP contribution in [0.15, 0.2) is 66.0 Å². The molecule has 3 amide bonds. The smallest absolute Gasteiger partial charge is 0.321 e. The molecule has 1 fully saturated rings. The second-order valence-corrected chi connectivity index (χ2v) is 8.20. The Balaban J connectivity index is 1.42. The lowest BCUT2D eigenvalue weighted by Gasteiger charge is -2.35. The predicted molar refractivity (Wildman–Crippen MR) is 118 cm³/mol. The number of hydrogen-bond donors (Lipinski definition) is 1. The number of nitrogens with zero attached hydrogens (tertiary/aromatic N) is 2. The molecule has 0 unspecified atom stereocenters. The molecular formula is C22H20ClN3O2S. The Hall–Kier alpha value is -2.83. The van der Waals surface area contributed by atoms with Crippen LogP contribution in [-0.4, -0.2) is 29.9 Å². The molecule has 1 saturated heterocycles. The van der Waals surface area contributed by atoms with E-state index in [9.17, 15) is 9.59 Å². The van der Waals surface area contributed by atoms with E-state index in [1.54, 1.807) is 11.0 Å². The van der Waals surface area contributed by atoms with Crippen LogP contribution in [0.4, 0.5) is 16.2 Å². The Kier molecular flexibility index (Phi) is 5.83. The number of urea groups is 1. The molecule has 0 atom stereocenters. The van der Waals surface area contributed by atoms with Crippen LogP contribution < -0.4 is 10.2 Å². The highest BCUT2D eigenvalue weighted by molar-refractivity contribution is 7.12. The van der Waals surface area contributed by atoms with Gasteiger partial charge in [0.25, 0.3) is 5.91 Å². The Bertz CT molecular complexity index is 988. The maximum absolute atomic E-state index is 13.0. The third kappa shape index (κ3) is 4.60. The molecule has 0 radical (unpaired) electrons. The molecule has 1 aliphatic rings. The van der Waals surface area contributed by atoms with E-state index in [1.807, 2.05) is 64.9 Å². The van der Waals surface area contributed by atoms with Gasteiger partial charge in [0, 0.05) is 36.0 Å². The fraction of sp³-hybridized carbons (Fsp3) is 0.182. The zero-order chi connectivity index (χ0) is 20.2. The fourth-order valence-electron chi connectivity index (χ4n) is 3.30. The zero-order valence-electron chi connectivity index (χ0n) is 15.7. The lowest BCUT2D eigenvalue weighted by Crippen LogP contribution is -2.49. The highest BCUT2D eigenvalue weighted by Gasteiger charge is 2.26. The molecule has 0 bridgehead atoms. The maximum atomic E-state index is 13.0. The first-order valence-electron chi connectivity index (χ1n) is 9.36. The van der Waals surface area contributed by atoms with Crippen molar-refractivity contribution in [2.75, 3.05) is 23.3 Å². The van der Waals surface area contributed by atoms with Gasteiger partial charge in [-0.3, -0.25) is 9.69 Å². The highest BCUT2D eigenvalue weighted by atomic mass is 35.5. The number of carbonyl (C=O) groups is 2. The van der Waals surface area contributed by atoms with E-state index in [1.165, 1.54) is 11.3 Å². The summed E-state index contributed by atoms with van der Waals surface area (Å²) in [5.41, 5.74) is 2.58. The molecule has 0 aliphatic carbocycles. The summed E-state index contributed by atoms with van der Waals surface area (Å²) in [5.74, 6) is -0.129. The lowest BCUT2D eigenvalue weighted by atomic mass is 10.1. The molecule has 3 aromatic rings. The fourth-order valence-corrected chi connectivity index (χ4v) is 4.05. The zero-order valence-corrected chi connectivity index (χ0v) is 17.2. The van der Waals surface area contributed by atoms with E-state index in [0.717, 1.165) is 24.2 Å². The minimum Gasteiger partial charge on any atom is -0.321 e. The first-order chi connectivity index (χ1) is 14.1. The summed E-state index contributed by atoms with van der Waals surface area (Å²) in [5, 5.41) is 5.44. The minimum atomic E-state index is -0.129. The molecule has 4 rings (SSSR count). The van der Waals surface area contributed by atoms with Crippen molar-refractivity contribution in [3.8, 4) is 0 Å². The standard InChI is InChI=1S/C22H20ClN3O2S/c23-17-6-4-16(5-7-17)15-25-12-2-13-26(22(25)28)19-10-8-18(9-11-19)24-21(27)20-3-1-14-29-20/h1,3-11,14H,2,12-13,15H2,(H,24,27). The number of anilines is 2. The van der Waals surface area contributed by atoms with Crippen LogP contribution in [0.1, 0.15) is 21.7 Å². The van der Waals surface area contributed by atoms with Gasteiger partial charge in [-0.25, -0.2) is 4.79 Å². The van der Waals surface area contributed by atoms with Crippen molar-refractivity contribution in [1.82, 2.24) is 4.90 Å². The van der Waals surface area contributed by atoms with Crippen LogP contribution >= 0.6 is 22.9 Å². The normalized spacial score (nSPS) is 14.2. The van der Waals surface area contributed by atoms with Gasteiger partial charge >= 0.3 is 6.03 Å². The van der Waals surface area contributed by atoms with Gasteiger partial charge in [-0.1, -0.05) is 29.8 Å². The summed E-state index contributed by atoms with van der Waals surface area (Å²) in [4.78, 5) is 29.4. The molecule has 7 heteroatoms. The van der Waals surface area contributed by atoms with Crippen LogP contribution in [0.5, 0.6) is 0 Å². The van der Waals surface area contributed by atoms with Crippen molar-refractivity contribution < 1.29 is 9.59 Å². The van der Waals surface area contributed by atoms with Crippen molar-refractivity contribution in [2.45, 2.75) is 13.0 Å². The third-order valence-electron chi connectivity index (χ3n) is 4.78. The quantitative estimate of drug-likeness (QED) is 0.587. The van der Waals surface area contributed by atoms with Crippen LogP contribution in [0.25, 0.3) is 0 Å². The van der Waals surface area contributed by atoms with Crippen LogP contribution in [0, 0.1) is 0 Å². The number of halogens is 1. The average molecular weight is 426 g/mol. The van der Waals surface area contributed by atoms with E-state index in [4.69, 9.17) is 11.6 Å². The van der Waals surface area contributed by atoms with Crippen LogP contribution in [-0.2, 0) is 6.54 Å². The largest absolute Gasteiger partial charge is 0.324 e. The van der Waals surface area contributed by atoms with Crippen LogP contribution in [0.3, 0.4) is 0 Å². The number of rotatable bonds is 5. The van der Waals surface area contributed by atoms with Crippen molar-refractivity contribution >= 4 is 46.3 Å². The minimum absolute atomic E-state index is 0.0124.